The van der Waals surface area contributed by atoms with Crippen LogP contribution in [0.5, 0.6) is 0 Å². The number of carbonyl (C=O) groups is 1. The van der Waals surface area contributed by atoms with Gasteiger partial charge in [0.05, 0.1) is 32.0 Å². The van der Waals surface area contributed by atoms with Crippen molar-refractivity contribution in [2.75, 3.05) is 19.8 Å². The molecule has 1 amide bonds. The maximum absolute atomic E-state index is 13.2. The third-order valence-electron chi connectivity index (χ3n) is 14.0. The summed E-state index contributed by atoms with van der Waals surface area (Å²) in [5.41, 5.74) is 0. The standard InChI is InChI=1S/C59H105NO13/c1-3-5-7-9-11-13-15-17-19-21-23-25-26-28-30-32-34-36-38-40-42-48(63)47(60-51(64)43-41-39-37-35-33-31-29-27-24-22-20-18-16-14-12-10-8-6-4-2)46-70-58-56(69)54(67)57(50(45-62)72-58)73-59-55(68)53(66)52(65)49(44-61)71-59/h6,8,12,14,18,20,24,27,31,33,47-50,52-59,61-63,65-69H,3-5,7,9-11,13,15-17,19,21-23,25-26,28-30,32,34-46H2,1-2H3,(H,60,64)/b8-6-,14-12-,20-18-,27-24-,33-31-. The molecule has 0 aromatic heterocycles. The number of allylic oxidation sites excluding steroid dienone is 10. The van der Waals surface area contributed by atoms with Gasteiger partial charge < -0.3 is 65.1 Å². The Morgan fingerprint density at radius 2 is 0.945 bits per heavy atom. The Morgan fingerprint density at radius 3 is 1.44 bits per heavy atom. The van der Waals surface area contributed by atoms with E-state index in [-0.39, 0.29) is 18.9 Å². The van der Waals surface area contributed by atoms with Gasteiger partial charge in [-0.05, 0) is 57.8 Å². The largest absolute Gasteiger partial charge is 0.394 e. The molecule has 12 unspecified atom stereocenters. The fraction of sp³-hybridized carbons (Fsp3) is 0.814. The fourth-order valence-electron chi connectivity index (χ4n) is 9.32. The van der Waals surface area contributed by atoms with Gasteiger partial charge in [-0.3, -0.25) is 4.79 Å². The molecule has 9 N–H and O–H groups in total. The summed E-state index contributed by atoms with van der Waals surface area (Å²) in [6.45, 7) is 2.73. The van der Waals surface area contributed by atoms with Gasteiger partial charge >= 0.3 is 0 Å². The van der Waals surface area contributed by atoms with Gasteiger partial charge in [0.15, 0.2) is 12.6 Å². The molecule has 14 nitrogen and oxygen atoms in total. The van der Waals surface area contributed by atoms with Gasteiger partial charge in [-0.15, -0.1) is 0 Å². The van der Waals surface area contributed by atoms with E-state index < -0.39 is 86.8 Å². The van der Waals surface area contributed by atoms with E-state index in [9.17, 15) is 45.6 Å². The first kappa shape index (κ1) is 66.8. The smallest absolute Gasteiger partial charge is 0.220 e. The second-order valence-corrected chi connectivity index (χ2v) is 20.4. The molecule has 73 heavy (non-hydrogen) atoms. The predicted octanol–water partition coefficient (Wildman–Crippen LogP) is 9.39. The number of hydrogen-bond donors (Lipinski definition) is 9. The van der Waals surface area contributed by atoms with E-state index in [0.717, 1.165) is 77.0 Å². The molecular weight excluding hydrogens is 931 g/mol. The lowest BCUT2D eigenvalue weighted by Crippen LogP contribution is -2.65. The van der Waals surface area contributed by atoms with Crippen LogP contribution >= 0.6 is 0 Å². The zero-order valence-corrected chi connectivity index (χ0v) is 45.4. The average molecular weight is 1040 g/mol. The molecule has 2 aliphatic rings. The first-order chi connectivity index (χ1) is 35.6. The second kappa shape index (κ2) is 44.8. The SMILES string of the molecule is CC/C=C\C/C=C\C/C=C\C/C=C\C/C=C\CCCCCC(=O)NC(COC1OC(CO)C(OC2OC(CO)C(O)C(O)C2O)C(O)C1O)C(O)CCCCCCCCCCCCCCCCCCCCCC. The van der Waals surface area contributed by atoms with Crippen LogP contribution in [0, 0.1) is 0 Å². The zero-order valence-electron chi connectivity index (χ0n) is 45.4. The van der Waals surface area contributed by atoms with E-state index in [1.54, 1.807) is 0 Å². The van der Waals surface area contributed by atoms with Crippen LogP contribution in [0.25, 0.3) is 0 Å². The van der Waals surface area contributed by atoms with E-state index in [1.807, 2.05) is 0 Å². The third kappa shape index (κ3) is 30.9. The summed E-state index contributed by atoms with van der Waals surface area (Å²) in [4.78, 5) is 13.2. The average Bonchev–Trinajstić information content (AvgIpc) is 3.39. The first-order valence-corrected chi connectivity index (χ1v) is 29.0. The van der Waals surface area contributed by atoms with Crippen LogP contribution in [-0.4, -0.2) is 140 Å². The maximum Gasteiger partial charge on any atom is 0.220 e. The fourth-order valence-corrected chi connectivity index (χ4v) is 9.32. The van der Waals surface area contributed by atoms with Crippen LogP contribution in [0.4, 0.5) is 0 Å². The quantitative estimate of drug-likeness (QED) is 0.0205. The number of aliphatic hydroxyl groups excluding tert-OH is 8. The van der Waals surface area contributed by atoms with Crippen LogP contribution in [0.3, 0.4) is 0 Å². The molecule has 0 aliphatic carbocycles. The minimum atomic E-state index is -1.79. The van der Waals surface area contributed by atoms with Gasteiger partial charge in [0.25, 0.3) is 0 Å². The molecule has 14 heteroatoms. The number of amides is 1. The van der Waals surface area contributed by atoms with Crippen molar-refractivity contribution in [1.29, 1.82) is 0 Å². The number of carbonyl (C=O) groups excluding carboxylic acids is 1. The Bertz CT molecular complexity index is 1450. The van der Waals surface area contributed by atoms with Crippen molar-refractivity contribution in [3.63, 3.8) is 0 Å². The number of aliphatic hydroxyl groups is 8. The Labute approximate surface area is 441 Å². The Balaban J connectivity index is 1.79. The highest BCUT2D eigenvalue weighted by atomic mass is 16.7. The summed E-state index contributed by atoms with van der Waals surface area (Å²) >= 11 is 0. The molecule has 0 aromatic rings. The minimum absolute atomic E-state index is 0.239. The molecule has 2 fully saturated rings. The van der Waals surface area contributed by atoms with Crippen molar-refractivity contribution in [3.8, 4) is 0 Å². The molecule has 2 rings (SSSR count). The summed E-state index contributed by atoms with van der Waals surface area (Å²) < 4.78 is 22.8. The summed E-state index contributed by atoms with van der Waals surface area (Å²) in [5.74, 6) is -0.239. The van der Waals surface area contributed by atoms with E-state index in [1.165, 1.54) is 103 Å². The number of hydrogen-bond acceptors (Lipinski definition) is 13. The molecule has 0 aromatic carbocycles. The normalized spacial score (nSPS) is 25.8. The molecule has 0 saturated carbocycles. The first-order valence-electron chi connectivity index (χ1n) is 29.0. The van der Waals surface area contributed by atoms with Crippen LogP contribution in [-0.2, 0) is 23.7 Å². The van der Waals surface area contributed by atoms with Crippen LogP contribution < -0.4 is 5.32 Å². The monoisotopic (exact) mass is 1040 g/mol. The lowest BCUT2D eigenvalue weighted by molar-refractivity contribution is -0.359. The second-order valence-electron chi connectivity index (χ2n) is 20.4. The van der Waals surface area contributed by atoms with Crippen molar-refractivity contribution >= 4 is 5.91 Å². The van der Waals surface area contributed by atoms with Crippen molar-refractivity contribution in [3.05, 3.63) is 60.8 Å². The number of unbranched alkanes of at least 4 members (excludes halogenated alkanes) is 22. The zero-order chi connectivity index (χ0) is 53.2. The van der Waals surface area contributed by atoms with Crippen LogP contribution in [0.2, 0.25) is 0 Å². The van der Waals surface area contributed by atoms with Crippen LogP contribution in [0.15, 0.2) is 60.8 Å². The maximum atomic E-state index is 13.2. The summed E-state index contributed by atoms with van der Waals surface area (Å²) in [7, 11) is 0. The molecule has 12 atom stereocenters. The van der Waals surface area contributed by atoms with Gasteiger partial charge in [0.1, 0.15) is 48.8 Å². The Morgan fingerprint density at radius 1 is 0.507 bits per heavy atom. The molecule has 0 spiro atoms. The third-order valence-corrected chi connectivity index (χ3v) is 14.0. The molecule has 424 valence electrons. The van der Waals surface area contributed by atoms with Gasteiger partial charge in [0.2, 0.25) is 5.91 Å². The summed E-state index contributed by atoms with van der Waals surface area (Å²) in [6.07, 6.45) is 39.3. The number of rotatable bonds is 45. The minimum Gasteiger partial charge on any atom is -0.394 e. The van der Waals surface area contributed by atoms with Crippen molar-refractivity contribution in [2.24, 2.45) is 0 Å². The van der Waals surface area contributed by atoms with Gasteiger partial charge in [-0.1, -0.05) is 209 Å². The highest BCUT2D eigenvalue weighted by Crippen LogP contribution is 2.30. The van der Waals surface area contributed by atoms with Gasteiger partial charge in [-0.25, -0.2) is 0 Å². The molecule has 2 saturated heterocycles. The van der Waals surface area contributed by atoms with Gasteiger partial charge in [-0.2, -0.15) is 0 Å². The molecule has 0 bridgehead atoms. The van der Waals surface area contributed by atoms with E-state index in [4.69, 9.17) is 18.9 Å². The van der Waals surface area contributed by atoms with Crippen molar-refractivity contribution < 1.29 is 64.6 Å². The molecule has 2 heterocycles. The highest BCUT2D eigenvalue weighted by Gasteiger charge is 2.51. The number of ether oxygens (including phenoxy) is 4. The van der Waals surface area contributed by atoms with Crippen molar-refractivity contribution in [1.82, 2.24) is 5.32 Å². The van der Waals surface area contributed by atoms with Gasteiger partial charge in [0, 0.05) is 6.42 Å². The van der Waals surface area contributed by atoms with Crippen LogP contribution in [0.1, 0.15) is 213 Å². The topological polar surface area (TPSA) is 228 Å². The molecular formula is C59H105NO13. The van der Waals surface area contributed by atoms with E-state index in [2.05, 4.69) is 79.9 Å². The summed E-state index contributed by atoms with van der Waals surface area (Å²) in [6, 6.07) is -0.849. The lowest BCUT2D eigenvalue weighted by Gasteiger charge is -2.46. The lowest BCUT2D eigenvalue weighted by atomic mass is 9.97. The molecule has 0 radical (unpaired) electrons. The molecule has 2 aliphatic heterocycles. The Hall–Kier alpha value is -2.31. The van der Waals surface area contributed by atoms with E-state index in [0.29, 0.717) is 12.8 Å². The summed E-state index contributed by atoms with van der Waals surface area (Å²) in [5, 5.41) is 87.2. The predicted molar refractivity (Wildman–Crippen MR) is 290 cm³/mol. The highest BCUT2D eigenvalue weighted by molar-refractivity contribution is 5.76. The number of nitrogens with one attached hydrogen (secondary N) is 1. The Kier molecular flexibility index (Phi) is 41.0. The van der Waals surface area contributed by atoms with E-state index >= 15 is 0 Å². The van der Waals surface area contributed by atoms with Crippen molar-refractivity contribution in [2.45, 2.75) is 286 Å².